The summed E-state index contributed by atoms with van der Waals surface area (Å²) in [5.74, 6) is 0. The smallest absolute Gasteiger partial charge is 0.350 e. The van der Waals surface area contributed by atoms with Crippen LogP contribution in [0.2, 0.25) is 0 Å². The molecule has 0 saturated carbocycles. The van der Waals surface area contributed by atoms with Crippen LogP contribution in [0.5, 0.6) is 0 Å². The summed E-state index contributed by atoms with van der Waals surface area (Å²) in [7, 11) is 0. The molecule has 4 rings (SSSR count). The van der Waals surface area contributed by atoms with Crippen molar-refractivity contribution < 1.29 is 4.74 Å². The lowest BCUT2D eigenvalue weighted by atomic mass is 10.3. The zero-order valence-corrected chi connectivity index (χ0v) is 9.93. The van der Waals surface area contributed by atoms with E-state index in [2.05, 4.69) is 10.4 Å². The first-order chi connectivity index (χ1) is 8.84. The monoisotopic (exact) mass is 246 g/mol. The molecule has 94 valence electrons. The van der Waals surface area contributed by atoms with E-state index in [1.165, 1.54) is 0 Å². The average Bonchev–Trinajstić information content (AvgIpc) is 3.06. The highest BCUT2D eigenvalue weighted by Crippen LogP contribution is 2.23. The van der Waals surface area contributed by atoms with Crippen LogP contribution in [-0.4, -0.2) is 33.9 Å². The van der Waals surface area contributed by atoms with E-state index in [4.69, 9.17) is 4.74 Å². The van der Waals surface area contributed by atoms with Gasteiger partial charge in [0.2, 0.25) is 0 Å². The standard InChI is InChI=1S/C12H14N4O2/c17-12-15-10-3-5-13-9(10)1-2-11(15)14-16(12)8-4-6-18-7-8/h1-2,8,13H,3-7H2/t8-/m1/s1. The van der Waals surface area contributed by atoms with Crippen molar-refractivity contribution in [1.82, 2.24) is 14.2 Å². The molecule has 0 unspecified atom stereocenters. The molecule has 0 radical (unpaired) electrons. The lowest BCUT2D eigenvalue weighted by molar-refractivity contribution is 0.184. The summed E-state index contributed by atoms with van der Waals surface area (Å²) in [6.45, 7) is 2.19. The van der Waals surface area contributed by atoms with Gasteiger partial charge in [0.15, 0.2) is 5.65 Å². The first kappa shape index (κ1) is 10.1. The highest BCUT2D eigenvalue weighted by atomic mass is 16.5. The van der Waals surface area contributed by atoms with Gasteiger partial charge in [-0.05, 0) is 18.6 Å². The van der Waals surface area contributed by atoms with E-state index >= 15 is 0 Å². The Balaban J connectivity index is 1.97. The molecule has 0 amide bonds. The largest absolute Gasteiger partial charge is 0.383 e. The normalized spacial score (nSPS) is 22.3. The van der Waals surface area contributed by atoms with Gasteiger partial charge in [0.05, 0.1) is 24.0 Å². The molecule has 2 aromatic rings. The van der Waals surface area contributed by atoms with Crippen LogP contribution in [-0.2, 0) is 11.2 Å². The topological polar surface area (TPSA) is 60.6 Å². The summed E-state index contributed by atoms with van der Waals surface area (Å²) in [6.07, 6.45) is 1.74. The Kier molecular flexibility index (Phi) is 2.02. The van der Waals surface area contributed by atoms with E-state index in [-0.39, 0.29) is 11.7 Å². The van der Waals surface area contributed by atoms with Crippen LogP contribution in [0, 0.1) is 0 Å². The molecule has 2 aliphatic heterocycles. The number of pyridine rings is 1. The fraction of sp³-hybridized carbons (Fsp3) is 0.500. The summed E-state index contributed by atoms with van der Waals surface area (Å²) in [6, 6.07) is 3.98. The maximum atomic E-state index is 12.5. The van der Waals surface area contributed by atoms with Gasteiger partial charge in [-0.1, -0.05) is 0 Å². The molecular weight excluding hydrogens is 232 g/mol. The number of hydrogen-bond donors (Lipinski definition) is 1. The third-order valence-electron chi connectivity index (χ3n) is 3.74. The maximum absolute atomic E-state index is 12.5. The van der Waals surface area contributed by atoms with E-state index in [0.29, 0.717) is 13.2 Å². The van der Waals surface area contributed by atoms with Gasteiger partial charge in [-0.2, -0.15) is 0 Å². The fourth-order valence-electron chi connectivity index (χ4n) is 2.81. The van der Waals surface area contributed by atoms with Crippen LogP contribution in [0.1, 0.15) is 18.2 Å². The fourth-order valence-corrected chi connectivity index (χ4v) is 2.81. The Morgan fingerprint density at radius 2 is 2.39 bits per heavy atom. The molecule has 1 atom stereocenters. The van der Waals surface area contributed by atoms with Gasteiger partial charge in [-0.15, -0.1) is 5.10 Å². The van der Waals surface area contributed by atoms with Gasteiger partial charge in [-0.3, -0.25) is 0 Å². The average molecular weight is 246 g/mol. The number of nitrogens with zero attached hydrogens (tertiary/aromatic N) is 3. The molecular formula is C12H14N4O2. The van der Waals surface area contributed by atoms with E-state index in [1.54, 1.807) is 9.08 Å². The Hall–Kier alpha value is -1.82. The number of fused-ring (bicyclic) bond motifs is 3. The van der Waals surface area contributed by atoms with Crippen molar-refractivity contribution in [3.63, 3.8) is 0 Å². The molecule has 0 spiro atoms. The van der Waals surface area contributed by atoms with Gasteiger partial charge >= 0.3 is 5.69 Å². The van der Waals surface area contributed by atoms with Crippen molar-refractivity contribution in [2.24, 2.45) is 0 Å². The quantitative estimate of drug-likeness (QED) is 0.792. The molecule has 1 fully saturated rings. The second-order valence-electron chi connectivity index (χ2n) is 4.81. The summed E-state index contributed by atoms with van der Waals surface area (Å²) < 4.78 is 8.65. The molecule has 0 bridgehead atoms. The Labute approximate surface area is 103 Å². The van der Waals surface area contributed by atoms with Crippen molar-refractivity contribution >= 4 is 11.3 Å². The van der Waals surface area contributed by atoms with E-state index in [9.17, 15) is 4.79 Å². The lowest BCUT2D eigenvalue weighted by Gasteiger charge is -2.04. The van der Waals surface area contributed by atoms with Gasteiger partial charge in [0.25, 0.3) is 0 Å². The molecule has 0 aromatic carbocycles. The molecule has 6 nitrogen and oxygen atoms in total. The van der Waals surface area contributed by atoms with Crippen molar-refractivity contribution in [3.8, 4) is 0 Å². The van der Waals surface area contributed by atoms with Crippen molar-refractivity contribution in [2.45, 2.75) is 18.9 Å². The third kappa shape index (κ3) is 1.26. The predicted octanol–water partition coefficient (Wildman–Crippen LogP) is 0.425. The number of hydrogen-bond acceptors (Lipinski definition) is 4. The number of nitrogens with one attached hydrogen (secondary N) is 1. The number of anilines is 1. The van der Waals surface area contributed by atoms with Crippen LogP contribution >= 0.6 is 0 Å². The molecule has 1 saturated heterocycles. The Morgan fingerprint density at radius 3 is 3.22 bits per heavy atom. The van der Waals surface area contributed by atoms with Crippen LogP contribution in [0.4, 0.5) is 5.69 Å². The highest BCUT2D eigenvalue weighted by Gasteiger charge is 2.24. The predicted molar refractivity (Wildman–Crippen MR) is 66.1 cm³/mol. The number of ether oxygens (including phenoxy) is 1. The first-order valence-electron chi connectivity index (χ1n) is 6.29. The van der Waals surface area contributed by atoms with Crippen LogP contribution in [0.25, 0.3) is 5.65 Å². The summed E-state index contributed by atoms with van der Waals surface area (Å²) in [5.41, 5.74) is 2.78. The van der Waals surface area contributed by atoms with Crippen molar-refractivity contribution in [3.05, 3.63) is 28.3 Å². The van der Waals surface area contributed by atoms with Crippen molar-refractivity contribution in [2.75, 3.05) is 25.1 Å². The molecule has 18 heavy (non-hydrogen) atoms. The van der Waals surface area contributed by atoms with Crippen LogP contribution in [0.3, 0.4) is 0 Å². The molecule has 4 heterocycles. The van der Waals surface area contributed by atoms with Gasteiger partial charge in [0, 0.05) is 19.6 Å². The minimum Gasteiger partial charge on any atom is -0.383 e. The molecule has 1 N–H and O–H groups in total. The van der Waals surface area contributed by atoms with E-state index in [0.717, 1.165) is 36.4 Å². The van der Waals surface area contributed by atoms with E-state index < -0.39 is 0 Å². The minimum absolute atomic E-state index is 0.0407. The summed E-state index contributed by atoms with van der Waals surface area (Å²) >= 11 is 0. The Bertz CT molecular complexity index is 667. The second-order valence-corrected chi connectivity index (χ2v) is 4.81. The summed E-state index contributed by atoms with van der Waals surface area (Å²) in [4.78, 5) is 12.5. The molecule has 0 aliphatic carbocycles. The SMILES string of the molecule is O=c1n([C@@H]2CCOC2)nc2ccc3c(n12)CCN3. The number of rotatable bonds is 1. The highest BCUT2D eigenvalue weighted by molar-refractivity contribution is 5.58. The molecule has 6 heteroatoms. The zero-order valence-electron chi connectivity index (χ0n) is 9.93. The van der Waals surface area contributed by atoms with Crippen molar-refractivity contribution in [1.29, 1.82) is 0 Å². The zero-order chi connectivity index (χ0) is 12.1. The second kappa shape index (κ2) is 3.58. The van der Waals surface area contributed by atoms with Crippen LogP contribution < -0.4 is 11.0 Å². The summed E-state index contributed by atoms with van der Waals surface area (Å²) in [5, 5.41) is 7.71. The number of aromatic nitrogens is 3. The van der Waals surface area contributed by atoms with Gasteiger partial charge in [0.1, 0.15) is 0 Å². The minimum atomic E-state index is -0.0407. The molecule has 2 aliphatic rings. The Morgan fingerprint density at radius 1 is 1.44 bits per heavy atom. The van der Waals surface area contributed by atoms with Gasteiger partial charge < -0.3 is 10.1 Å². The third-order valence-corrected chi connectivity index (χ3v) is 3.74. The first-order valence-corrected chi connectivity index (χ1v) is 6.29. The van der Waals surface area contributed by atoms with E-state index in [1.807, 2.05) is 12.1 Å². The lowest BCUT2D eigenvalue weighted by Crippen LogP contribution is -2.26. The van der Waals surface area contributed by atoms with Crippen LogP contribution in [0.15, 0.2) is 16.9 Å². The van der Waals surface area contributed by atoms with Gasteiger partial charge in [-0.25, -0.2) is 13.9 Å². The maximum Gasteiger partial charge on any atom is 0.350 e. The molecule has 2 aromatic heterocycles.